The summed E-state index contributed by atoms with van der Waals surface area (Å²) in [6, 6.07) is 8.59. The molecule has 0 saturated heterocycles. The minimum atomic E-state index is -0.787. The van der Waals surface area contributed by atoms with Gasteiger partial charge in [0.1, 0.15) is 5.75 Å². The summed E-state index contributed by atoms with van der Waals surface area (Å²) in [7, 11) is 0. The Labute approximate surface area is 150 Å². The molecule has 1 fully saturated rings. The van der Waals surface area contributed by atoms with Gasteiger partial charge in [-0.2, -0.15) is 0 Å². The van der Waals surface area contributed by atoms with Crippen molar-refractivity contribution in [3.63, 3.8) is 0 Å². The Morgan fingerprint density at radius 2 is 1.88 bits per heavy atom. The lowest BCUT2D eigenvalue weighted by atomic mass is 10.0. The van der Waals surface area contributed by atoms with Gasteiger partial charge in [0.15, 0.2) is 0 Å². The van der Waals surface area contributed by atoms with Gasteiger partial charge in [0.2, 0.25) is 0 Å². The van der Waals surface area contributed by atoms with Gasteiger partial charge in [-0.05, 0) is 50.8 Å². The summed E-state index contributed by atoms with van der Waals surface area (Å²) in [6.07, 6.45) is 10.1. The van der Waals surface area contributed by atoms with Gasteiger partial charge in [-0.15, -0.1) is 0 Å². The molecule has 136 valence electrons. The van der Waals surface area contributed by atoms with E-state index in [-0.39, 0.29) is 6.42 Å². The molecule has 4 heteroatoms. The van der Waals surface area contributed by atoms with E-state index < -0.39 is 5.97 Å². The fourth-order valence-electron chi connectivity index (χ4n) is 3.23. The van der Waals surface area contributed by atoms with Crippen LogP contribution in [0.2, 0.25) is 0 Å². The molecule has 25 heavy (non-hydrogen) atoms. The minimum Gasteiger partial charge on any atom is -0.494 e. The number of hydrogen-bond donors (Lipinski definition) is 2. The minimum absolute atomic E-state index is 0.137. The normalized spacial score (nSPS) is 16.1. The van der Waals surface area contributed by atoms with Gasteiger partial charge >= 0.3 is 5.97 Å². The first-order chi connectivity index (χ1) is 12.1. The van der Waals surface area contributed by atoms with Crippen LogP contribution < -0.4 is 10.1 Å². The molecule has 0 aromatic heterocycles. The van der Waals surface area contributed by atoms with E-state index in [1.54, 1.807) is 0 Å². The van der Waals surface area contributed by atoms with Gasteiger partial charge in [-0.1, -0.05) is 37.1 Å². The maximum atomic E-state index is 10.5. The molecule has 1 saturated carbocycles. The lowest BCUT2D eigenvalue weighted by molar-refractivity contribution is -0.137. The molecule has 0 aliphatic heterocycles. The van der Waals surface area contributed by atoms with Crippen molar-refractivity contribution in [3.05, 3.63) is 47.7 Å². The lowest BCUT2D eigenvalue weighted by Crippen LogP contribution is -2.25. The summed E-state index contributed by atoms with van der Waals surface area (Å²) >= 11 is 0. The van der Waals surface area contributed by atoms with E-state index >= 15 is 0 Å². The Hall–Kier alpha value is -2.23. The molecule has 0 spiro atoms. The SMILES string of the molecule is C/C=C(\C(=C/C)NC1CCCC1)c1ccc(OCCCC(=O)O)cc1. The number of carboxylic acid groups (broad SMARTS) is 1. The van der Waals surface area contributed by atoms with E-state index in [9.17, 15) is 4.79 Å². The van der Waals surface area contributed by atoms with Crippen LogP contribution in [0.3, 0.4) is 0 Å². The molecular weight excluding hydrogens is 314 g/mol. The van der Waals surface area contributed by atoms with Crippen LogP contribution in [0.25, 0.3) is 5.57 Å². The highest BCUT2D eigenvalue weighted by Crippen LogP contribution is 2.27. The molecule has 0 unspecified atom stereocenters. The summed E-state index contributed by atoms with van der Waals surface area (Å²) in [5.41, 5.74) is 3.54. The average Bonchev–Trinajstić information content (AvgIpc) is 3.12. The first kappa shape index (κ1) is 19.1. The molecule has 1 aliphatic carbocycles. The van der Waals surface area contributed by atoms with E-state index in [1.165, 1.54) is 37.0 Å². The van der Waals surface area contributed by atoms with E-state index in [0.29, 0.717) is 19.1 Å². The van der Waals surface area contributed by atoms with Gasteiger partial charge < -0.3 is 15.2 Å². The summed E-state index contributed by atoms with van der Waals surface area (Å²) in [5.74, 6) is -0.0133. The highest BCUT2D eigenvalue weighted by molar-refractivity contribution is 5.78. The Morgan fingerprint density at radius 1 is 1.20 bits per heavy atom. The molecule has 1 aromatic rings. The van der Waals surface area contributed by atoms with Gasteiger partial charge in [0.05, 0.1) is 6.61 Å². The number of rotatable bonds is 9. The fraction of sp³-hybridized carbons (Fsp3) is 0.476. The molecule has 4 nitrogen and oxygen atoms in total. The zero-order valence-corrected chi connectivity index (χ0v) is 15.3. The first-order valence-electron chi connectivity index (χ1n) is 9.18. The highest BCUT2D eigenvalue weighted by Gasteiger charge is 2.17. The first-order valence-corrected chi connectivity index (χ1v) is 9.18. The van der Waals surface area contributed by atoms with E-state index in [2.05, 4.69) is 43.4 Å². The zero-order valence-electron chi connectivity index (χ0n) is 15.3. The predicted molar refractivity (Wildman–Crippen MR) is 102 cm³/mol. The Morgan fingerprint density at radius 3 is 2.44 bits per heavy atom. The van der Waals surface area contributed by atoms with Crippen LogP contribution in [0.4, 0.5) is 0 Å². The Kier molecular flexibility index (Phi) is 7.58. The van der Waals surface area contributed by atoms with Crippen molar-refractivity contribution >= 4 is 11.5 Å². The molecular formula is C21H29NO3. The number of allylic oxidation sites excluding steroid dienone is 3. The number of carbonyl (C=O) groups is 1. The largest absolute Gasteiger partial charge is 0.494 e. The summed E-state index contributed by atoms with van der Waals surface area (Å²) in [4.78, 5) is 10.5. The summed E-state index contributed by atoms with van der Waals surface area (Å²) < 4.78 is 5.61. The molecule has 0 heterocycles. The third kappa shape index (κ3) is 5.96. The molecule has 1 aromatic carbocycles. The molecule has 0 amide bonds. The number of carboxylic acids is 1. The topological polar surface area (TPSA) is 58.6 Å². The molecule has 0 atom stereocenters. The number of ether oxygens (including phenoxy) is 1. The van der Waals surface area contributed by atoms with Crippen molar-refractivity contribution in [2.45, 2.75) is 58.4 Å². The number of benzene rings is 1. The van der Waals surface area contributed by atoms with Gasteiger partial charge in [0.25, 0.3) is 0 Å². The molecule has 0 bridgehead atoms. The molecule has 2 N–H and O–H groups in total. The Balaban J connectivity index is 1.96. The highest BCUT2D eigenvalue weighted by atomic mass is 16.5. The van der Waals surface area contributed by atoms with Crippen LogP contribution in [0.1, 0.15) is 57.9 Å². The quantitative estimate of drug-likeness (QED) is 0.501. The van der Waals surface area contributed by atoms with Crippen LogP contribution >= 0.6 is 0 Å². The van der Waals surface area contributed by atoms with Crippen molar-refractivity contribution in [2.75, 3.05) is 6.61 Å². The van der Waals surface area contributed by atoms with Gasteiger partial charge in [-0.25, -0.2) is 0 Å². The van der Waals surface area contributed by atoms with Crippen LogP contribution in [0.15, 0.2) is 42.1 Å². The van der Waals surface area contributed by atoms with E-state index in [4.69, 9.17) is 9.84 Å². The third-order valence-corrected chi connectivity index (χ3v) is 4.55. The van der Waals surface area contributed by atoms with Crippen molar-refractivity contribution in [2.24, 2.45) is 0 Å². The third-order valence-electron chi connectivity index (χ3n) is 4.55. The lowest BCUT2D eigenvalue weighted by Gasteiger charge is -2.20. The van der Waals surface area contributed by atoms with Crippen molar-refractivity contribution in [3.8, 4) is 5.75 Å². The van der Waals surface area contributed by atoms with Crippen molar-refractivity contribution in [1.82, 2.24) is 5.32 Å². The smallest absolute Gasteiger partial charge is 0.303 e. The van der Waals surface area contributed by atoms with Crippen LogP contribution in [-0.2, 0) is 4.79 Å². The predicted octanol–water partition coefficient (Wildman–Crippen LogP) is 4.77. The summed E-state index contributed by atoms with van der Waals surface area (Å²) in [5, 5.41) is 12.3. The number of aliphatic carboxylic acids is 1. The summed E-state index contributed by atoms with van der Waals surface area (Å²) in [6.45, 7) is 4.55. The van der Waals surface area contributed by atoms with Crippen LogP contribution in [-0.4, -0.2) is 23.7 Å². The second kappa shape index (κ2) is 9.92. The Bertz CT molecular complexity index is 611. The van der Waals surface area contributed by atoms with Crippen molar-refractivity contribution in [1.29, 1.82) is 0 Å². The maximum Gasteiger partial charge on any atom is 0.303 e. The fourth-order valence-corrected chi connectivity index (χ4v) is 3.23. The molecule has 0 radical (unpaired) electrons. The second-order valence-corrected chi connectivity index (χ2v) is 6.40. The molecule has 1 aliphatic rings. The number of nitrogens with one attached hydrogen (secondary N) is 1. The molecule has 2 rings (SSSR count). The zero-order chi connectivity index (χ0) is 18.1. The van der Waals surface area contributed by atoms with Gasteiger partial charge in [0, 0.05) is 23.7 Å². The standard InChI is InChI=1S/C21H29NO3/c1-3-19(20(4-2)22-17-8-5-6-9-17)16-11-13-18(14-12-16)25-15-7-10-21(23)24/h3-4,11-14,17,22H,5-10,15H2,1-2H3,(H,23,24)/b19-3-,20-4+. The van der Waals surface area contributed by atoms with Crippen LogP contribution in [0.5, 0.6) is 5.75 Å². The van der Waals surface area contributed by atoms with Crippen LogP contribution in [0, 0.1) is 0 Å². The maximum absolute atomic E-state index is 10.5. The van der Waals surface area contributed by atoms with Crippen molar-refractivity contribution < 1.29 is 14.6 Å². The van der Waals surface area contributed by atoms with Gasteiger partial charge in [-0.3, -0.25) is 4.79 Å². The number of hydrogen-bond acceptors (Lipinski definition) is 3. The second-order valence-electron chi connectivity index (χ2n) is 6.40. The monoisotopic (exact) mass is 343 g/mol. The van der Waals surface area contributed by atoms with E-state index in [1.807, 2.05) is 12.1 Å². The average molecular weight is 343 g/mol. The van der Waals surface area contributed by atoms with E-state index in [0.717, 1.165) is 11.3 Å².